The minimum Gasteiger partial charge on any atom is -0.341 e. The van der Waals surface area contributed by atoms with Crippen molar-refractivity contribution >= 4 is 48.5 Å². The number of aryl methyl sites for hydroxylation is 1. The number of nitrogens with zero attached hydrogens (tertiary/aromatic N) is 1. The summed E-state index contributed by atoms with van der Waals surface area (Å²) in [5.74, 6) is 0. The first kappa shape index (κ1) is 19.1. The zero-order chi connectivity index (χ0) is 21.8. The maximum absolute atomic E-state index is 13.0. The summed E-state index contributed by atoms with van der Waals surface area (Å²) in [4.78, 5) is 27.8. The van der Waals surface area contributed by atoms with Crippen molar-refractivity contribution in [2.24, 2.45) is 0 Å². The molecule has 0 aliphatic carbocycles. The Bertz CT molecular complexity index is 1710. The van der Waals surface area contributed by atoms with Crippen molar-refractivity contribution in [1.29, 1.82) is 0 Å². The van der Waals surface area contributed by atoms with Gasteiger partial charge in [-0.15, -0.1) is 0 Å². The molecule has 0 aliphatic heterocycles. The predicted octanol–water partition coefficient (Wildman–Crippen LogP) is 3.15. The Kier molecular flexibility index (Phi) is 4.23. The molecule has 0 saturated carbocycles. The number of sulfonamides is 1. The summed E-state index contributed by atoms with van der Waals surface area (Å²) < 4.78 is 30.7. The number of anilines is 1. The van der Waals surface area contributed by atoms with Crippen LogP contribution >= 0.6 is 0 Å². The minimum absolute atomic E-state index is 0.0289. The average Bonchev–Trinajstić information content (AvgIpc) is 3.07. The maximum atomic E-state index is 13.0. The molecule has 0 aliphatic rings. The number of benzene rings is 3. The molecule has 5 aromatic rings. The van der Waals surface area contributed by atoms with Gasteiger partial charge in [-0.1, -0.05) is 18.2 Å². The summed E-state index contributed by atoms with van der Waals surface area (Å²) in [7, 11) is -3.92. The second-order valence-electron chi connectivity index (χ2n) is 7.21. The standard InChI is InChI=1S/C22H18N4O4S/c1-2-26-19-6-4-3-5-15(19)16-11-13(7-10-20(16)26)25-31(29,30)14-8-9-17-18(12-14)24-22(28)21(27)23-17/h3-12,25H,2H2,1H3,(H,23,27)(H,24,28). The molecule has 5 rings (SSSR count). The van der Waals surface area contributed by atoms with E-state index in [0.29, 0.717) is 11.2 Å². The summed E-state index contributed by atoms with van der Waals surface area (Å²) in [5, 5.41) is 2.01. The number of hydrogen-bond acceptors (Lipinski definition) is 4. The van der Waals surface area contributed by atoms with Crippen LogP contribution < -0.4 is 15.8 Å². The van der Waals surface area contributed by atoms with Crippen molar-refractivity contribution in [2.45, 2.75) is 18.4 Å². The van der Waals surface area contributed by atoms with Gasteiger partial charge >= 0.3 is 11.1 Å². The van der Waals surface area contributed by atoms with Gasteiger partial charge in [-0.25, -0.2) is 8.42 Å². The summed E-state index contributed by atoms with van der Waals surface area (Å²) in [6.45, 7) is 2.87. The highest BCUT2D eigenvalue weighted by atomic mass is 32.2. The van der Waals surface area contributed by atoms with E-state index in [4.69, 9.17) is 0 Å². The molecule has 0 spiro atoms. The second kappa shape index (κ2) is 6.85. The van der Waals surface area contributed by atoms with Crippen molar-refractivity contribution in [3.8, 4) is 0 Å². The summed E-state index contributed by atoms with van der Waals surface area (Å²) in [6.07, 6.45) is 0. The van der Waals surface area contributed by atoms with Crippen molar-refractivity contribution in [2.75, 3.05) is 4.72 Å². The van der Waals surface area contributed by atoms with Crippen molar-refractivity contribution in [1.82, 2.24) is 14.5 Å². The Hall–Kier alpha value is -3.85. The van der Waals surface area contributed by atoms with E-state index in [2.05, 4.69) is 26.2 Å². The first-order valence-corrected chi connectivity index (χ1v) is 11.2. The molecule has 0 atom stereocenters. The van der Waals surface area contributed by atoms with Crippen molar-refractivity contribution in [3.05, 3.63) is 81.4 Å². The van der Waals surface area contributed by atoms with Crippen molar-refractivity contribution < 1.29 is 8.42 Å². The van der Waals surface area contributed by atoms with Gasteiger partial charge in [0.2, 0.25) is 0 Å². The zero-order valence-corrected chi connectivity index (χ0v) is 17.3. The fraction of sp³-hybridized carbons (Fsp3) is 0.0909. The van der Waals surface area contributed by atoms with Crippen LogP contribution in [0.4, 0.5) is 5.69 Å². The van der Waals surface area contributed by atoms with E-state index < -0.39 is 21.1 Å². The van der Waals surface area contributed by atoms with Gasteiger partial charge in [0.25, 0.3) is 10.0 Å². The van der Waals surface area contributed by atoms with Gasteiger partial charge < -0.3 is 14.5 Å². The lowest BCUT2D eigenvalue weighted by atomic mass is 10.1. The molecule has 9 heteroatoms. The molecule has 3 aromatic carbocycles. The second-order valence-corrected chi connectivity index (χ2v) is 8.90. The Morgan fingerprint density at radius 1 is 0.839 bits per heavy atom. The number of para-hydroxylation sites is 1. The lowest BCUT2D eigenvalue weighted by Crippen LogP contribution is -2.29. The first-order chi connectivity index (χ1) is 14.9. The van der Waals surface area contributed by atoms with E-state index in [9.17, 15) is 18.0 Å². The molecule has 156 valence electrons. The van der Waals surface area contributed by atoms with E-state index in [1.165, 1.54) is 18.2 Å². The molecule has 0 radical (unpaired) electrons. The van der Waals surface area contributed by atoms with Gasteiger partial charge in [0, 0.05) is 34.0 Å². The molecule has 0 bridgehead atoms. The molecule has 0 fully saturated rings. The molecule has 8 nitrogen and oxygen atoms in total. The predicted molar refractivity (Wildman–Crippen MR) is 121 cm³/mol. The Morgan fingerprint density at radius 2 is 1.55 bits per heavy atom. The third-order valence-corrected chi connectivity index (χ3v) is 6.72. The fourth-order valence-electron chi connectivity index (χ4n) is 3.93. The molecule has 0 amide bonds. The van der Waals surface area contributed by atoms with Crippen LogP contribution in [0.15, 0.2) is 75.1 Å². The lowest BCUT2D eigenvalue weighted by molar-refractivity contribution is 0.601. The quantitative estimate of drug-likeness (QED) is 0.377. The van der Waals surface area contributed by atoms with Gasteiger partial charge in [-0.05, 0) is 49.4 Å². The van der Waals surface area contributed by atoms with Crippen LogP contribution in [0.2, 0.25) is 0 Å². The monoisotopic (exact) mass is 434 g/mol. The van der Waals surface area contributed by atoms with E-state index >= 15 is 0 Å². The van der Waals surface area contributed by atoms with Crippen LogP contribution in [-0.2, 0) is 16.6 Å². The number of aromatic nitrogens is 3. The van der Waals surface area contributed by atoms with E-state index in [-0.39, 0.29) is 10.4 Å². The van der Waals surface area contributed by atoms with Crippen LogP contribution in [0.1, 0.15) is 6.92 Å². The average molecular weight is 434 g/mol. The van der Waals surface area contributed by atoms with Gasteiger partial charge in [-0.2, -0.15) is 0 Å². The molecular weight excluding hydrogens is 416 g/mol. The fourth-order valence-corrected chi connectivity index (χ4v) is 5.01. The highest BCUT2D eigenvalue weighted by Gasteiger charge is 2.17. The SMILES string of the molecule is CCn1c2ccccc2c2cc(NS(=O)(=O)c3ccc4[nH]c(=O)c(=O)[nH]c4c3)ccc21. The van der Waals surface area contributed by atoms with Crippen molar-refractivity contribution in [3.63, 3.8) is 0 Å². The smallest absolute Gasteiger partial charge is 0.314 e. The van der Waals surface area contributed by atoms with Crippen LogP contribution in [0.5, 0.6) is 0 Å². The van der Waals surface area contributed by atoms with Crippen LogP contribution in [0.3, 0.4) is 0 Å². The minimum atomic E-state index is -3.92. The molecule has 31 heavy (non-hydrogen) atoms. The van der Waals surface area contributed by atoms with Gasteiger partial charge in [-0.3, -0.25) is 14.3 Å². The number of H-pyrrole nitrogens is 2. The lowest BCUT2D eigenvalue weighted by Gasteiger charge is -2.10. The highest BCUT2D eigenvalue weighted by Crippen LogP contribution is 2.31. The van der Waals surface area contributed by atoms with Gasteiger partial charge in [0.05, 0.1) is 15.9 Å². The van der Waals surface area contributed by atoms with E-state index in [0.717, 1.165) is 28.4 Å². The van der Waals surface area contributed by atoms with Crippen LogP contribution in [0, 0.1) is 0 Å². The topological polar surface area (TPSA) is 117 Å². The number of rotatable bonds is 4. The normalized spacial score (nSPS) is 12.0. The third-order valence-electron chi connectivity index (χ3n) is 5.34. The largest absolute Gasteiger partial charge is 0.341 e. The molecular formula is C22H18N4O4S. The number of fused-ring (bicyclic) bond motifs is 4. The molecule has 2 heterocycles. The molecule has 0 saturated heterocycles. The third kappa shape index (κ3) is 3.10. The molecule has 3 N–H and O–H groups in total. The number of nitrogens with one attached hydrogen (secondary N) is 3. The number of hydrogen-bond donors (Lipinski definition) is 3. The van der Waals surface area contributed by atoms with Crippen LogP contribution in [0.25, 0.3) is 32.8 Å². The van der Waals surface area contributed by atoms with Gasteiger partial charge in [0.1, 0.15) is 0 Å². The number of aromatic amines is 2. The maximum Gasteiger partial charge on any atom is 0.314 e. The van der Waals surface area contributed by atoms with E-state index in [1.807, 2.05) is 36.4 Å². The summed E-state index contributed by atoms with van der Waals surface area (Å²) in [5.41, 5.74) is 1.49. The van der Waals surface area contributed by atoms with E-state index in [1.54, 1.807) is 6.07 Å². The van der Waals surface area contributed by atoms with Gasteiger partial charge in [0.15, 0.2) is 0 Å². The van der Waals surface area contributed by atoms with Crippen LogP contribution in [-0.4, -0.2) is 23.0 Å². The Labute approximate surface area is 176 Å². The Balaban J connectivity index is 1.59. The zero-order valence-electron chi connectivity index (χ0n) is 16.5. The molecule has 0 unspecified atom stereocenters. The first-order valence-electron chi connectivity index (χ1n) is 9.67. The Morgan fingerprint density at radius 3 is 2.32 bits per heavy atom. The molecule has 2 aromatic heterocycles. The highest BCUT2D eigenvalue weighted by molar-refractivity contribution is 7.92. The summed E-state index contributed by atoms with van der Waals surface area (Å²) >= 11 is 0. The summed E-state index contributed by atoms with van der Waals surface area (Å²) in [6, 6.07) is 17.6.